The molecule has 1 amide bonds. The van der Waals surface area contributed by atoms with Gasteiger partial charge in [-0.3, -0.25) is 23.7 Å². The van der Waals surface area contributed by atoms with Crippen molar-refractivity contribution in [2.45, 2.75) is 65.7 Å². The van der Waals surface area contributed by atoms with E-state index in [9.17, 15) is 23.2 Å². The third-order valence-electron chi connectivity index (χ3n) is 7.79. The van der Waals surface area contributed by atoms with Crippen molar-refractivity contribution in [2.24, 2.45) is 5.92 Å². The van der Waals surface area contributed by atoms with Gasteiger partial charge in [-0.2, -0.15) is 0 Å². The molecule has 0 radical (unpaired) electrons. The van der Waals surface area contributed by atoms with Gasteiger partial charge in [0.2, 0.25) is 5.91 Å². The van der Waals surface area contributed by atoms with Crippen LogP contribution in [-0.4, -0.2) is 24.6 Å². The van der Waals surface area contributed by atoms with Crippen molar-refractivity contribution in [1.82, 2.24) is 18.7 Å². The Labute approximate surface area is 277 Å². The zero-order valence-electron chi connectivity index (χ0n) is 24.4. The molecule has 2 aliphatic rings. The van der Waals surface area contributed by atoms with Crippen molar-refractivity contribution < 1.29 is 13.6 Å². The van der Waals surface area contributed by atoms with Crippen molar-refractivity contribution in [3.05, 3.63) is 77.0 Å². The molecule has 0 saturated heterocycles. The Balaban J connectivity index is 0.000000182. The second-order valence-corrected chi connectivity index (χ2v) is 12.7. The van der Waals surface area contributed by atoms with Gasteiger partial charge < -0.3 is 11.1 Å². The summed E-state index contributed by atoms with van der Waals surface area (Å²) in [5, 5.41) is 3.28. The standard InChI is InChI=1S/C17H18Cl2FN3O2.C13H12Cl2FN3O/c1-9(2)16(24)21-13-7-10(12(20)8-11(13)18)14-15(19)22-5-3-4-6-23(22)17(14)25;14-8-6-9(16)7(5-10(8)17)11-12(15)18-3-1-2-4-19(18)13(11)20/h7-9H,3-6H2,1-2H3,(H,21,24);5-6H,1-4,17H2. The molecule has 9 nitrogen and oxygen atoms in total. The minimum absolute atomic E-state index is 0.0351. The zero-order valence-corrected chi connectivity index (χ0v) is 27.4. The maximum atomic E-state index is 14.5. The lowest BCUT2D eigenvalue weighted by Crippen LogP contribution is -2.27. The van der Waals surface area contributed by atoms with E-state index in [1.807, 2.05) is 0 Å². The molecule has 3 N–H and O–H groups in total. The van der Waals surface area contributed by atoms with E-state index in [1.165, 1.54) is 16.8 Å². The summed E-state index contributed by atoms with van der Waals surface area (Å²) in [6.45, 7) is 5.87. The van der Waals surface area contributed by atoms with Crippen molar-refractivity contribution in [2.75, 3.05) is 11.1 Å². The number of amides is 1. The second-order valence-electron chi connectivity index (χ2n) is 11.2. The van der Waals surface area contributed by atoms with Gasteiger partial charge in [-0.25, -0.2) is 18.1 Å². The maximum absolute atomic E-state index is 14.5. The zero-order chi connectivity index (χ0) is 32.7. The van der Waals surface area contributed by atoms with Crippen molar-refractivity contribution in [3.8, 4) is 22.3 Å². The van der Waals surface area contributed by atoms with E-state index in [4.69, 9.17) is 52.1 Å². The minimum Gasteiger partial charge on any atom is -0.398 e. The first kappa shape index (κ1) is 33.1. The normalized spacial score (nSPS) is 14.1. The van der Waals surface area contributed by atoms with Gasteiger partial charge in [-0.05, 0) is 49.9 Å². The van der Waals surface area contributed by atoms with Gasteiger partial charge in [0.15, 0.2) is 0 Å². The van der Waals surface area contributed by atoms with E-state index in [1.54, 1.807) is 27.9 Å². The molecule has 0 spiro atoms. The number of nitrogens with two attached hydrogens (primary N) is 1. The van der Waals surface area contributed by atoms with Crippen molar-refractivity contribution in [1.29, 1.82) is 0 Å². The number of carbonyl (C=O) groups is 1. The quantitative estimate of drug-likeness (QED) is 0.218. The maximum Gasteiger partial charge on any atom is 0.276 e. The van der Waals surface area contributed by atoms with Gasteiger partial charge >= 0.3 is 0 Å². The lowest BCUT2D eigenvalue weighted by atomic mass is 10.1. The molecule has 0 aliphatic carbocycles. The molecule has 4 aromatic rings. The average Bonchev–Trinajstić information content (AvgIpc) is 3.41. The lowest BCUT2D eigenvalue weighted by Gasteiger charge is -2.17. The Kier molecular flexibility index (Phi) is 9.74. The largest absolute Gasteiger partial charge is 0.398 e. The van der Waals surface area contributed by atoms with Crippen LogP contribution in [0.4, 0.5) is 20.2 Å². The Morgan fingerprint density at radius 3 is 1.60 bits per heavy atom. The molecule has 15 heteroatoms. The number of nitrogens with zero attached hydrogens (tertiary/aromatic N) is 4. The van der Waals surface area contributed by atoms with E-state index in [2.05, 4.69) is 5.32 Å². The Bertz CT molecular complexity index is 1930. The molecular formula is C30H30Cl4F2N6O3. The summed E-state index contributed by atoms with van der Waals surface area (Å²) >= 11 is 24.4. The molecule has 2 aliphatic heterocycles. The van der Waals surface area contributed by atoms with Crippen LogP contribution in [0.25, 0.3) is 22.3 Å². The fraction of sp³-hybridized carbons (Fsp3) is 0.367. The minimum atomic E-state index is -0.657. The predicted octanol–water partition coefficient (Wildman–Crippen LogP) is 7.29. The van der Waals surface area contributed by atoms with Crippen molar-refractivity contribution >= 4 is 63.7 Å². The number of hydrogen-bond acceptors (Lipinski definition) is 4. The van der Waals surface area contributed by atoms with Crippen LogP contribution in [0, 0.1) is 17.6 Å². The molecule has 6 rings (SSSR count). The fourth-order valence-corrected chi connectivity index (χ4v) is 6.44. The topological polar surface area (TPSA) is 109 Å². The molecule has 0 saturated carbocycles. The lowest BCUT2D eigenvalue weighted by molar-refractivity contribution is -0.118. The molecule has 0 atom stereocenters. The first-order valence-electron chi connectivity index (χ1n) is 14.3. The highest BCUT2D eigenvalue weighted by atomic mass is 35.5. The van der Waals surface area contributed by atoms with E-state index in [0.29, 0.717) is 26.2 Å². The first-order valence-corrected chi connectivity index (χ1v) is 15.9. The number of nitrogen functional groups attached to an aromatic ring is 1. The molecule has 45 heavy (non-hydrogen) atoms. The van der Waals surface area contributed by atoms with Gasteiger partial charge in [-0.15, -0.1) is 0 Å². The van der Waals surface area contributed by atoms with Gasteiger partial charge in [0.05, 0.1) is 32.5 Å². The highest BCUT2D eigenvalue weighted by Gasteiger charge is 2.26. The summed E-state index contributed by atoms with van der Waals surface area (Å²) in [7, 11) is 0. The molecular weight excluding hydrogens is 672 g/mol. The van der Waals surface area contributed by atoms with Crippen LogP contribution >= 0.6 is 46.4 Å². The molecule has 0 unspecified atom stereocenters. The Morgan fingerprint density at radius 2 is 1.16 bits per heavy atom. The van der Waals surface area contributed by atoms with E-state index >= 15 is 0 Å². The highest BCUT2D eigenvalue weighted by Crippen LogP contribution is 2.36. The van der Waals surface area contributed by atoms with Crippen LogP contribution in [0.3, 0.4) is 0 Å². The number of carbonyl (C=O) groups excluding carboxylic acids is 1. The first-order chi connectivity index (χ1) is 21.3. The predicted molar refractivity (Wildman–Crippen MR) is 175 cm³/mol. The van der Waals surface area contributed by atoms with Crippen LogP contribution in [-0.2, 0) is 31.0 Å². The molecule has 4 heterocycles. The van der Waals surface area contributed by atoms with Gasteiger partial charge in [0, 0.05) is 43.2 Å². The number of anilines is 2. The van der Waals surface area contributed by atoms with Crippen LogP contribution in [0.2, 0.25) is 20.4 Å². The number of hydrogen-bond donors (Lipinski definition) is 2. The molecule has 2 aromatic carbocycles. The van der Waals surface area contributed by atoms with Gasteiger partial charge in [-0.1, -0.05) is 60.3 Å². The third kappa shape index (κ3) is 6.27. The Morgan fingerprint density at radius 1 is 0.733 bits per heavy atom. The van der Waals surface area contributed by atoms with Crippen molar-refractivity contribution in [3.63, 3.8) is 0 Å². The van der Waals surface area contributed by atoms with Crippen LogP contribution in [0.1, 0.15) is 39.5 Å². The van der Waals surface area contributed by atoms with E-state index in [0.717, 1.165) is 37.8 Å². The number of halogens is 6. The number of fused-ring (bicyclic) bond motifs is 2. The summed E-state index contributed by atoms with van der Waals surface area (Å²) in [6, 6.07) is 4.91. The summed E-state index contributed by atoms with van der Waals surface area (Å²) < 4.78 is 35.0. The number of rotatable bonds is 4. The van der Waals surface area contributed by atoms with Crippen LogP contribution in [0.15, 0.2) is 33.9 Å². The average molecular weight is 702 g/mol. The van der Waals surface area contributed by atoms with Gasteiger partial charge in [0.25, 0.3) is 11.1 Å². The van der Waals surface area contributed by atoms with E-state index in [-0.39, 0.29) is 76.9 Å². The number of aromatic nitrogens is 4. The molecule has 2 aromatic heterocycles. The van der Waals surface area contributed by atoms with Gasteiger partial charge in [0.1, 0.15) is 21.9 Å². The third-order valence-corrected chi connectivity index (χ3v) is 9.20. The molecule has 0 bridgehead atoms. The van der Waals surface area contributed by atoms with Crippen LogP contribution < -0.4 is 22.2 Å². The summed E-state index contributed by atoms with van der Waals surface area (Å²) in [5.74, 6) is -1.78. The molecule has 240 valence electrons. The smallest absolute Gasteiger partial charge is 0.276 e. The number of nitrogens with one attached hydrogen (secondary N) is 1. The monoisotopic (exact) mass is 700 g/mol. The summed E-state index contributed by atoms with van der Waals surface area (Å²) in [6.07, 6.45) is 3.63. The summed E-state index contributed by atoms with van der Waals surface area (Å²) in [4.78, 5) is 37.0. The highest BCUT2D eigenvalue weighted by molar-refractivity contribution is 6.35. The van der Waals surface area contributed by atoms with Crippen LogP contribution in [0.5, 0.6) is 0 Å². The second kappa shape index (κ2) is 13.2. The summed E-state index contributed by atoms with van der Waals surface area (Å²) in [5.41, 5.74) is 5.89. The van der Waals surface area contributed by atoms with E-state index < -0.39 is 11.6 Å². The number of benzene rings is 2. The Hall–Kier alpha value is -3.25. The molecule has 0 fully saturated rings. The fourth-order valence-electron chi connectivity index (χ4n) is 5.38. The SMILES string of the molecule is CC(C)C(=O)Nc1cc(-c2c(Cl)n3n(c2=O)CCCC3)c(F)cc1Cl.Nc1cc(-c2c(Cl)n3n(c2=O)CCCC3)c(F)cc1Cl.